The average molecular weight is 277 g/mol. The molecule has 6 nitrogen and oxygen atoms in total. The molecule has 0 fully saturated rings. The Labute approximate surface area is 113 Å². The Kier molecular flexibility index (Phi) is 2.45. The number of nitrogens with zero attached hydrogens (tertiary/aromatic N) is 2. The molecule has 2 aliphatic heterocycles. The second-order valence-electron chi connectivity index (χ2n) is 4.43. The van der Waals surface area contributed by atoms with Crippen LogP contribution in [0.3, 0.4) is 0 Å². The van der Waals surface area contributed by atoms with Crippen molar-refractivity contribution in [2.24, 2.45) is 10.7 Å². The Hall–Kier alpha value is -1.86. The number of fused-ring (bicyclic) bond motifs is 1. The maximum Gasteiger partial charge on any atom is 0.265 e. The number of carbonyl (C=O) groups excluding carboxylic acids is 2. The predicted molar refractivity (Wildman–Crippen MR) is 71.8 cm³/mol. The van der Waals surface area contributed by atoms with E-state index in [1.54, 1.807) is 31.3 Å². The van der Waals surface area contributed by atoms with Gasteiger partial charge in [-0.3, -0.25) is 9.59 Å². The average Bonchev–Trinajstić information content (AvgIpc) is 2.83. The van der Waals surface area contributed by atoms with Crippen LogP contribution in [0.4, 0.5) is 5.69 Å². The fourth-order valence-corrected chi connectivity index (χ4v) is 3.39. The van der Waals surface area contributed by atoms with Gasteiger partial charge in [0.05, 0.1) is 5.69 Å². The zero-order valence-electron chi connectivity index (χ0n) is 10.0. The number of carbonyl (C=O) groups is 2. The van der Waals surface area contributed by atoms with Crippen molar-refractivity contribution in [3.05, 3.63) is 29.8 Å². The van der Waals surface area contributed by atoms with Crippen LogP contribution >= 0.6 is 11.8 Å². The molecule has 2 atom stereocenters. The van der Waals surface area contributed by atoms with Gasteiger partial charge in [0, 0.05) is 12.6 Å². The van der Waals surface area contributed by atoms with Crippen LogP contribution in [-0.2, 0) is 15.2 Å². The van der Waals surface area contributed by atoms with E-state index in [1.807, 2.05) is 0 Å². The summed E-state index contributed by atoms with van der Waals surface area (Å²) in [6.07, 6.45) is 0. The van der Waals surface area contributed by atoms with Gasteiger partial charge in [-0.2, -0.15) is 4.99 Å². The highest BCUT2D eigenvalue weighted by atomic mass is 32.2. The summed E-state index contributed by atoms with van der Waals surface area (Å²) in [5.41, 5.74) is 4.60. The number of amides is 2. The molecule has 3 N–H and O–H groups in total. The van der Waals surface area contributed by atoms with Crippen LogP contribution < -0.4 is 10.6 Å². The summed E-state index contributed by atoms with van der Waals surface area (Å²) < 4.78 is 0. The third-order valence-electron chi connectivity index (χ3n) is 3.37. The number of amidine groups is 1. The lowest BCUT2D eigenvalue weighted by molar-refractivity contribution is -0.140. The number of benzene rings is 1. The van der Waals surface area contributed by atoms with Gasteiger partial charge in [-0.25, -0.2) is 0 Å². The van der Waals surface area contributed by atoms with Gasteiger partial charge >= 0.3 is 0 Å². The van der Waals surface area contributed by atoms with Gasteiger partial charge in [0.1, 0.15) is 5.25 Å². The molecule has 2 heterocycles. The van der Waals surface area contributed by atoms with Crippen molar-refractivity contribution >= 4 is 34.4 Å². The zero-order chi connectivity index (χ0) is 13.8. The molecule has 7 heteroatoms. The van der Waals surface area contributed by atoms with Crippen LogP contribution in [0, 0.1) is 0 Å². The first-order valence-electron chi connectivity index (χ1n) is 5.61. The molecule has 0 unspecified atom stereocenters. The molecule has 19 heavy (non-hydrogen) atoms. The van der Waals surface area contributed by atoms with Crippen LogP contribution in [0.5, 0.6) is 0 Å². The Morgan fingerprint density at radius 1 is 1.42 bits per heavy atom. The monoisotopic (exact) mass is 277 g/mol. The smallest absolute Gasteiger partial charge is 0.265 e. The van der Waals surface area contributed by atoms with Gasteiger partial charge in [0.25, 0.3) is 11.8 Å². The predicted octanol–water partition coefficient (Wildman–Crippen LogP) is -0.193. The van der Waals surface area contributed by atoms with Crippen molar-refractivity contribution in [2.75, 3.05) is 11.9 Å². The third-order valence-corrected chi connectivity index (χ3v) is 4.48. The van der Waals surface area contributed by atoms with Crippen molar-refractivity contribution < 1.29 is 14.7 Å². The van der Waals surface area contributed by atoms with E-state index in [2.05, 4.69) is 4.99 Å². The van der Waals surface area contributed by atoms with E-state index in [-0.39, 0.29) is 5.17 Å². The summed E-state index contributed by atoms with van der Waals surface area (Å²) in [7, 11) is 1.56. The maximum atomic E-state index is 12.3. The van der Waals surface area contributed by atoms with Gasteiger partial charge in [-0.15, -0.1) is 0 Å². The van der Waals surface area contributed by atoms with E-state index < -0.39 is 22.7 Å². The molecule has 0 saturated carbocycles. The first kappa shape index (κ1) is 12.2. The molecular formula is C12H11N3O3S. The van der Waals surface area contributed by atoms with Gasteiger partial charge in [-0.1, -0.05) is 30.0 Å². The molecule has 2 amide bonds. The van der Waals surface area contributed by atoms with Crippen LogP contribution in [0.25, 0.3) is 0 Å². The highest BCUT2D eigenvalue weighted by Crippen LogP contribution is 2.46. The lowest BCUT2D eigenvalue weighted by Crippen LogP contribution is -2.48. The minimum atomic E-state index is -1.91. The van der Waals surface area contributed by atoms with E-state index in [4.69, 9.17) is 5.73 Å². The fourth-order valence-electron chi connectivity index (χ4n) is 2.45. The molecule has 0 aromatic heterocycles. The van der Waals surface area contributed by atoms with E-state index >= 15 is 0 Å². The van der Waals surface area contributed by atoms with Crippen LogP contribution in [-0.4, -0.2) is 34.4 Å². The molecule has 1 aromatic rings. The van der Waals surface area contributed by atoms with Crippen LogP contribution in [0.15, 0.2) is 29.3 Å². The summed E-state index contributed by atoms with van der Waals surface area (Å²) in [4.78, 5) is 29.1. The molecule has 0 radical (unpaired) electrons. The summed E-state index contributed by atoms with van der Waals surface area (Å²) in [6, 6.07) is 6.84. The summed E-state index contributed by atoms with van der Waals surface area (Å²) in [6.45, 7) is 0. The zero-order valence-corrected chi connectivity index (χ0v) is 10.8. The number of aliphatic hydroxyl groups is 1. The number of anilines is 1. The SMILES string of the molecule is CN1C(=O)[C@@](O)([C@@H]2SC(N)=NC2=O)c2ccccc21. The van der Waals surface area contributed by atoms with Gasteiger partial charge in [0.2, 0.25) is 0 Å². The van der Waals surface area contributed by atoms with E-state index in [1.165, 1.54) is 4.90 Å². The lowest BCUT2D eigenvalue weighted by atomic mass is 9.91. The van der Waals surface area contributed by atoms with Gasteiger partial charge < -0.3 is 15.7 Å². The summed E-state index contributed by atoms with van der Waals surface area (Å²) >= 11 is 0.920. The molecule has 0 aliphatic carbocycles. The maximum absolute atomic E-state index is 12.3. The van der Waals surface area contributed by atoms with Crippen LogP contribution in [0.1, 0.15) is 5.56 Å². The second-order valence-corrected chi connectivity index (χ2v) is 5.56. The molecule has 0 saturated heterocycles. The Morgan fingerprint density at radius 3 is 2.74 bits per heavy atom. The highest BCUT2D eigenvalue weighted by molar-refractivity contribution is 8.15. The minimum absolute atomic E-state index is 0.0725. The minimum Gasteiger partial charge on any atom is -0.378 e. The van der Waals surface area contributed by atoms with E-state index in [0.717, 1.165) is 11.8 Å². The quantitative estimate of drug-likeness (QED) is 0.741. The number of hydrogen-bond donors (Lipinski definition) is 2. The van der Waals surface area contributed by atoms with E-state index in [9.17, 15) is 14.7 Å². The molecule has 2 aliphatic rings. The molecular weight excluding hydrogens is 266 g/mol. The standard InChI is InChI=1S/C12H11N3O3S/c1-15-7-5-3-2-4-6(7)12(18,10(15)17)8-9(16)14-11(13)19-8/h2-5,8,18H,1H3,(H2,13,14,16)/t8-,12+/m1/s1. The molecule has 98 valence electrons. The molecule has 3 rings (SSSR count). The van der Waals surface area contributed by atoms with Crippen molar-refractivity contribution in [3.63, 3.8) is 0 Å². The Balaban J connectivity index is 2.15. The first-order chi connectivity index (χ1) is 8.96. The molecule has 1 aromatic carbocycles. The molecule has 0 spiro atoms. The number of aliphatic imine (C=N–C) groups is 1. The van der Waals surface area contributed by atoms with Crippen LogP contribution in [0.2, 0.25) is 0 Å². The molecule has 0 bridgehead atoms. The van der Waals surface area contributed by atoms with Gasteiger partial charge in [0.15, 0.2) is 10.8 Å². The topological polar surface area (TPSA) is 96.0 Å². The number of nitrogens with two attached hydrogens (primary N) is 1. The summed E-state index contributed by atoms with van der Waals surface area (Å²) in [5.74, 6) is -1.12. The summed E-state index contributed by atoms with van der Waals surface area (Å²) in [5, 5.41) is 9.86. The lowest BCUT2D eigenvalue weighted by Gasteiger charge is -2.25. The number of para-hydroxylation sites is 1. The Morgan fingerprint density at radius 2 is 2.11 bits per heavy atom. The fraction of sp³-hybridized carbons (Fsp3) is 0.250. The number of thioether (sulfide) groups is 1. The second kappa shape index (κ2) is 3.82. The van der Waals surface area contributed by atoms with E-state index in [0.29, 0.717) is 11.3 Å². The normalized spacial score (nSPS) is 29.7. The van der Waals surface area contributed by atoms with Crippen molar-refractivity contribution in [1.29, 1.82) is 0 Å². The number of likely N-dealkylation sites (N-methyl/N-ethyl adjacent to an activating group) is 1. The number of rotatable bonds is 1. The number of hydrogen-bond acceptors (Lipinski definition) is 5. The Bertz CT molecular complexity index is 630. The largest absolute Gasteiger partial charge is 0.378 e. The van der Waals surface area contributed by atoms with Gasteiger partial charge in [-0.05, 0) is 6.07 Å². The third kappa shape index (κ3) is 1.45. The first-order valence-corrected chi connectivity index (χ1v) is 6.49. The van der Waals surface area contributed by atoms with Crippen molar-refractivity contribution in [3.8, 4) is 0 Å². The highest BCUT2D eigenvalue weighted by Gasteiger charge is 2.58. The van der Waals surface area contributed by atoms with Crippen molar-refractivity contribution in [1.82, 2.24) is 0 Å². The van der Waals surface area contributed by atoms with Crippen molar-refractivity contribution in [2.45, 2.75) is 10.9 Å².